The molecular formula is C10H20N2O2. The third kappa shape index (κ3) is 2.96. The largest absolute Gasteiger partial charge is 0.468 e. The van der Waals surface area contributed by atoms with Crippen molar-refractivity contribution >= 4 is 5.97 Å². The molecule has 0 bridgehead atoms. The van der Waals surface area contributed by atoms with Crippen molar-refractivity contribution in [2.45, 2.75) is 26.3 Å². The minimum Gasteiger partial charge on any atom is -0.468 e. The van der Waals surface area contributed by atoms with E-state index in [0.29, 0.717) is 11.8 Å². The fraction of sp³-hybridized carbons (Fsp3) is 0.900. The lowest BCUT2D eigenvalue weighted by molar-refractivity contribution is -0.142. The summed E-state index contributed by atoms with van der Waals surface area (Å²) in [5.74, 6) is -0.315. The van der Waals surface area contributed by atoms with Crippen LogP contribution >= 0.6 is 0 Å². The minimum atomic E-state index is -0.469. The van der Waals surface area contributed by atoms with E-state index in [0.717, 1.165) is 19.6 Å². The Morgan fingerprint density at radius 3 is 2.57 bits per heavy atom. The SMILES string of the molecule is COC(=O)C(N)CCN1CC(C)(C)C1. The van der Waals surface area contributed by atoms with E-state index in [1.807, 2.05) is 0 Å². The molecular weight excluding hydrogens is 180 g/mol. The topological polar surface area (TPSA) is 55.6 Å². The molecule has 2 N–H and O–H groups in total. The van der Waals surface area contributed by atoms with Crippen molar-refractivity contribution in [3.63, 3.8) is 0 Å². The van der Waals surface area contributed by atoms with Crippen molar-refractivity contribution in [1.82, 2.24) is 4.90 Å². The molecule has 0 aromatic heterocycles. The predicted molar refractivity (Wildman–Crippen MR) is 54.8 cm³/mol. The van der Waals surface area contributed by atoms with Gasteiger partial charge in [-0.05, 0) is 11.8 Å². The van der Waals surface area contributed by atoms with Crippen LogP contribution in [0.15, 0.2) is 0 Å². The van der Waals surface area contributed by atoms with Crippen molar-refractivity contribution in [1.29, 1.82) is 0 Å². The van der Waals surface area contributed by atoms with E-state index in [2.05, 4.69) is 23.5 Å². The highest BCUT2D eigenvalue weighted by Crippen LogP contribution is 2.28. The summed E-state index contributed by atoms with van der Waals surface area (Å²) >= 11 is 0. The van der Waals surface area contributed by atoms with Crippen molar-refractivity contribution in [2.75, 3.05) is 26.7 Å². The number of esters is 1. The average molecular weight is 200 g/mol. The van der Waals surface area contributed by atoms with Gasteiger partial charge in [-0.25, -0.2) is 0 Å². The lowest BCUT2D eigenvalue weighted by Gasteiger charge is -2.46. The first kappa shape index (κ1) is 11.5. The van der Waals surface area contributed by atoms with E-state index in [1.165, 1.54) is 7.11 Å². The van der Waals surface area contributed by atoms with E-state index in [-0.39, 0.29) is 5.97 Å². The molecule has 1 heterocycles. The molecule has 0 saturated carbocycles. The number of nitrogens with two attached hydrogens (primary N) is 1. The van der Waals surface area contributed by atoms with Crippen molar-refractivity contribution < 1.29 is 9.53 Å². The van der Waals surface area contributed by atoms with Gasteiger partial charge in [-0.2, -0.15) is 0 Å². The van der Waals surface area contributed by atoms with Gasteiger partial charge in [0.25, 0.3) is 0 Å². The van der Waals surface area contributed by atoms with E-state index in [1.54, 1.807) is 0 Å². The maximum absolute atomic E-state index is 11.0. The third-order valence-corrected chi connectivity index (χ3v) is 2.56. The second-order valence-corrected chi connectivity index (χ2v) is 4.79. The van der Waals surface area contributed by atoms with E-state index in [9.17, 15) is 4.79 Å². The zero-order valence-electron chi connectivity index (χ0n) is 9.25. The first-order chi connectivity index (χ1) is 6.44. The van der Waals surface area contributed by atoms with Crippen molar-refractivity contribution in [3.8, 4) is 0 Å². The predicted octanol–water partition coefficient (Wildman–Crippen LogP) is 0.219. The minimum absolute atomic E-state index is 0.315. The second-order valence-electron chi connectivity index (χ2n) is 4.79. The zero-order valence-corrected chi connectivity index (χ0v) is 9.25. The first-order valence-corrected chi connectivity index (χ1v) is 5.00. The van der Waals surface area contributed by atoms with Crippen molar-refractivity contribution in [3.05, 3.63) is 0 Å². The van der Waals surface area contributed by atoms with Gasteiger partial charge in [0, 0.05) is 19.6 Å². The third-order valence-electron chi connectivity index (χ3n) is 2.56. The molecule has 0 radical (unpaired) electrons. The lowest BCUT2D eigenvalue weighted by atomic mass is 9.84. The zero-order chi connectivity index (χ0) is 10.8. The highest BCUT2D eigenvalue weighted by molar-refractivity contribution is 5.75. The number of rotatable bonds is 4. The highest BCUT2D eigenvalue weighted by atomic mass is 16.5. The molecule has 1 fully saturated rings. The van der Waals surface area contributed by atoms with Gasteiger partial charge in [0.1, 0.15) is 6.04 Å². The van der Waals surface area contributed by atoms with E-state index < -0.39 is 6.04 Å². The van der Waals surface area contributed by atoms with Gasteiger partial charge < -0.3 is 15.4 Å². The molecule has 1 unspecified atom stereocenters. The standard InChI is InChI=1S/C10H20N2O2/c1-10(2)6-12(7-10)5-4-8(11)9(13)14-3/h8H,4-7,11H2,1-3H3. The van der Waals surface area contributed by atoms with E-state index in [4.69, 9.17) is 5.73 Å². The van der Waals surface area contributed by atoms with Crippen LogP contribution in [-0.4, -0.2) is 43.7 Å². The molecule has 1 rings (SSSR count). The Morgan fingerprint density at radius 1 is 1.57 bits per heavy atom. The Morgan fingerprint density at radius 2 is 2.14 bits per heavy atom. The van der Waals surface area contributed by atoms with Gasteiger partial charge in [-0.3, -0.25) is 4.79 Å². The summed E-state index contributed by atoms with van der Waals surface area (Å²) < 4.78 is 4.55. The Bertz CT molecular complexity index is 208. The number of hydrogen-bond acceptors (Lipinski definition) is 4. The molecule has 14 heavy (non-hydrogen) atoms. The van der Waals surface area contributed by atoms with Crippen LogP contribution < -0.4 is 5.73 Å². The van der Waals surface area contributed by atoms with Crippen LogP contribution in [0.2, 0.25) is 0 Å². The van der Waals surface area contributed by atoms with Crippen LogP contribution in [0, 0.1) is 5.41 Å². The quantitative estimate of drug-likeness (QED) is 0.659. The molecule has 0 spiro atoms. The Hall–Kier alpha value is -0.610. The molecule has 0 aliphatic carbocycles. The van der Waals surface area contributed by atoms with Crippen LogP contribution in [-0.2, 0) is 9.53 Å². The molecule has 0 aromatic carbocycles. The smallest absolute Gasteiger partial charge is 0.322 e. The van der Waals surface area contributed by atoms with Crippen molar-refractivity contribution in [2.24, 2.45) is 11.1 Å². The number of methoxy groups -OCH3 is 1. The fourth-order valence-corrected chi connectivity index (χ4v) is 1.91. The summed E-state index contributed by atoms with van der Waals surface area (Å²) in [7, 11) is 1.37. The van der Waals surface area contributed by atoms with Crippen LogP contribution in [0.5, 0.6) is 0 Å². The number of nitrogens with zero attached hydrogens (tertiary/aromatic N) is 1. The van der Waals surface area contributed by atoms with Crippen LogP contribution in [0.4, 0.5) is 0 Å². The number of carbonyl (C=O) groups excluding carboxylic acids is 1. The maximum atomic E-state index is 11.0. The van der Waals surface area contributed by atoms with Gasteiger partial charge in [0.05, 0.1) is 7.11 Å². The number of likely N-dealkylation sites (tertiary alicyclic amines) is 1. The summed E-state index contributed by atoms with van der Waals surface area (Å²) in [6, 6.07) is -0.469. The molecule has 1 aliphatic heterocycles. The number of ether oxygens (including phenoxy) is 1. The first-order valence-electron chi connectivity index (χ1n) is 5.00. The molecule has 82 valence electrons. The molecule has 1 atom stereocenters. The molecule has 4 heteroatoms. The molecule has 0 amide bonds. The molecule has 1 saturated heterocycles. The van der Waals surface area contributed by atoms with Crippen LogP contribution in [0.25, 0.3) is 0 Å². The molecule has 4 nitrogen and oxygen atoms in total. The number of carbonyl (C=O) groups is 1. The summed E-state index contributed by atoms with van der Waals surface area (Å²) in [6.45, 7) is 7.56. The van der Waals surface area contributed by atoms with E-state index >= 15 is 0 Å². The van der Waals surface area contributed by atoms with Gasteiger partial charge in [-0.1, -0.05) is 13.8 Å². The highest BCUT2D eigenvalue weighted by Gasteiger charge is 2.33. The van der Waals surface area contributed by atoms with Gasteiger partial charge in [-0.15, -0.1) is 0 Å². The van der Waals surface area contributed by atoms with Gasteiger partial charge >= 0.3 is 5.97 Å². The lowest BCUT2D eigenvalue weighted by Crippen LogP contribution is -2.53. The second kappa shape index (κ2) is 4.28. The summed E-state index contributed by atoms with van der Waals surface area (Å²) in [6.07, 6.45) is 0.683. The summed E-state index contributed by atoms with van der Waals surface area (Å²) in [4.78, 5) is 13.3. The monoisotopic (exact) mass is 200 g/mol. The van der Waals surface area contributed by atoms with Crippen LogP contribution in [0.1, 0.15) is 20.3 Å². The Kier molecular flexibility index (Phi) is 3.50. The van der Waals surface area contributed by atoms with Crippen LogP contribution in [0.3, 0.4) is 0 Å². The normalized spacial score (nSPS) is 22.6. The molecule has 0 aromatic rings. The molecule has 1 aliphatic rings. The summed E-state index contributed by atoms with van der Waals surface area (Å²) in [5, 5.41) is 0. The number of hydrogen-bond donors (Lipinski definition) is 1. The summed E-state index contributed by atoms with van der Waals surface area (Å²) in [5.41, 5.74) is 6.06. The Balaban J connectivity index is 2.13. The fourth-order valence-electron chi connectivity index (χ4n) is 1.91. The van der Waals surface area contributed by atoms with Gasteiger partial charge in [0.2, 0.25) is 0 Å². The van der Waals surface area contributed by atoms with Gasteiger partial charge in [0.15, 0.2) is 0 Å². The Labute approximate surface area is 85.4 Å². The maximum Gasteiger partial charge on any atom is 0.322 e. The average Bonchev–Trinajstić information content (AvgIpc) is 2.09.